The number of rotatable bonds is 5. The van der Waals surface area contributed by atoms with Crippen molar-refractivity contribution in [2.45, 2.75) is 134 Å². The lowest BCUT2D eigenvalue weighted by Gasteiger charge is -2.57. The Morgan fingerprint density at radius 1 is 0.467 bits per heavy atom. The van der Waals surface area contributed by atoms with E-state index in [0.717, 1.165) is 13.1 Å². The highest BCUT2D eigenvalue weighted by molar-refractivity contribution is 5.71. The molecule has 0 aromatic heterocycles. The minimum atomic E-state index is 0.121. The molecular weight excluding hydrogens is 542 g/mol. The minimum Gasteiger partial charge on any atom is -0.306 e. The lowest BCUT2D eigenvalue weighted by atomic mass is 9.49. The first-order chi connectivity index (χ1) is 21.0. The predicted octanol–water partition coefficient (Wildman–Crippen LogP) is 13.5. The van der Waals surface area contributed by atoms with E-state index in [1.807, 2.05) is 41.5 Å². The van der Waals surface area contributed by atoms with Crippen LogP contribution in [-0.2, 0) is 10.8 Å². The van der Waals surface area contributed by atoms with E-state index < -0.39 is 0 Å². The van der Waals surface area contributed by atoms with Crippen LogP contribution >= 0.6 is 0 Å². The molecule has 0 spiro atoms. The Kier molecular flexibility index (Phi) is 14.9. The molecule has 4 rings (SSSR count). The van der Waals surface area contributed by atoms with Gasteiger partial charge in [-0.2, -0.15) is 0 Å². The third-order valence-electron chi connectivity index (χ3n) is 11.4. The highest BCUT2D eigenvalue weighted by Gasteiger charge is 2.52. The average Bonchev–Trinajstić information content (AvgIpc) is 3.03. The van der Waals surface area contributed by atoms with Crippen LogP contribution in [0.5, 0.6) is 0 Å². The first-order valence-corrected chi connectivity index (χ1v) is 18.0. The molecule has 1 aliphatic heterocycles. The lowest BCUT2D eigenvalue weighted by molar-refractivity contribution is -0.0130. The van der Waals surface area contributed by atoms with E-state index in [2.05, 4.69) is 154 Å². The molecule has 1 heterocycles. The Morgan fingerprint density at radius 3 is 1.09 bits per heavy atom. The van der Waals surface area contributed by atoms with E-state index in [1.165, 1.54) is 46.2 Å². The summed E-state index contributed by atoms with van der Waals surface area (Å²) in [5, 5.41) is 0. The van der Waals surface area contributed by atoms with E-state index in [4.69, 9.17) is 0 Å². The van der Waals surface area contributed by atoms with Crippen LogP contribution in [0, 0.1) is 16.2 Å². The summed E-state index contributed by atoms with van der Waals surface area (Å²) in [6, 6.07) is 27.9. The second-order valence-electron chi connectivity index (χ2n) is 15.4. The fraction of sp³-hybridized carbons (Fsp3) is 0.591. The molecule has 0 saturated carbocycles. The summed E-state index contributed by atoms with van der Waals surface area (Å²) in [4.78, 5) is 2.49. The van der Waals surface area contributed by atoms with Gasteiger partial charge in [-0.05, 0) is 88.0 Å². The molecule has 1 fully saturated rings. The summed E-state index contributed by atoms with van der Waals surface area (Å²) in [5.74, 6) is 0. The molecule has 0 atom stereocenters. The summed E-state index contributed by atoms with van der Waals surface area (Å²) in [6.07, 6.45) is 2.43. The van der Waals surface area contributed by atoms with E-state index >= 15 is 0 Å². The Balaban J connectivity index is 0.00000159. The lowest BCUT2D eigenvalue weighted by Crippen LogP contribution is -2.54. The van der Waals surface area contributed by atoms with Crippen LogP contribution in [-0.4, -0.2) is 25.0 Å². The third-order valence-corrected chi connectivity index (χ3v) is 11.4. The number of hydrogen-bond donors (Lipinski definition) is 0. The molecule has 0 unspecified atom stereocenters. The van der Waals surface area contributed by atoms with Crippen molar-refractivity contribution >= 4 is 0 Å². The quantitative estimate of drug-likeness (QED) is 0.277. The van der Waals surface area contributed by atoms with Gasteiger partial charge in [0.15, 0.2) is 0 Å². The van der Waals surface area contributed by atoms with Crippen LogP contribution in [0.2, 0.25) is 0 Å². The summed E-state index contributed by atoms with van der Waals surface area (Å²) < 4.78 is 0. The molecule has 45 heavy (non-hydrogen) atoms. The molecule has 1 aliphatic rings. The van der Waals surface area contributed by atoms with Crippen LogP contribution in [0.4, 0.5) is 0 Å². The summed E-state index contributed by atoms with van der Waals surface area (Å²) in [6.45, 7) is 38.3. The molecular formula is C44H71N. The Morgan fingerprint density at radius 2 is 0.778 bits per heavy atom. The summed E-state index contributed by atoms with van der Waals surface area (Å²) >= 11 is 0. The SMILES string of the molecule is CC.CC.CC.CN1CCC(c2ccc(-c3ccc(-c4ccc(C(C)(C)C(C)(C)C)cc4)cc3)cc2)(C(C)(C)C(C)(C)C)CC1. The first kappa shape index (κ1) is 40.6. The van der Waals surface area contributed by atoms with Gasteiger partial charge in [0.05, 0.1) is 0 Å². The average molecular weight is 614 g/mol. The van der Waals surface area contributed by atoms with Gasteiger partial charge in [-0.25, -0.2) is 0 Å². The van der Waals surface area contributed by atoms with Crippen molar-refractivity contribution in [3.8, 4) is 22.3 Å². The Labute approximate surface area is 281 Å². The maximum absolute atomic E-state index is 2.50. The van der Waals surface area contributed by atoms with Crippen LogP contribution in [0.25, 0.3) is 22.3 Å². The fourth-order valence-electron chi connectivity index (χ4n) is 6.34. The largest absolute Gasteiger partial charge is 0.306 e. The van der Waals surface area contributed by atoms with Crippen molar-refractivity contribution in [2.24, 2.45) is 16.2 Å². The molecule has 3 aromatic carbocycles. The van der Waals surface area contributed by atoms with Gasteiger partial charge in [0.1, 0.15) is 0 Å². The summed E-state index contributed by atoms with van der Waals surface area (Å²) in [7, 11) is 2.27. The second kappa shape index (κ2) is 16.4. The zero-order valence-corrected chi connectivity index (χ0v) is 32.7. The van der Waals surface area contributed by atoms with Crippen molar-refractivity contribution in [2.75, 3.05) is 20.1 Å². The number of piperidine rings is 1. The maximum atomic E-state index is 2.50. The number of likely N-dealkylation sites (tertiary alicyclic amines) is 1. The number of benzene rings is 3. The summed E-state index contributed by atoms with van der Waals surface area (Å²) in [5.41, 5.74) is 8.95. The topological polar surface area (TPSA) is 3.24 Å². The molecule has 0 bridgehead atoms. The monoisotopic (exact) mass is 614 g/mol. The molecule has 252 valence electrons. The van der Waals surface area contributed by atoms with Crippen molar-refractivity contribution in [1.29, 1.82) is 0 Å². The highest BCUT2D eigenvalue weighted by Crippen LogP contribution is 2.57. The van der Waals surface area contributed by atoms with Crippen LogP contribution in [0.15, 0.2) is 72.8 Å². The Hall–Kier alpha value is -2.38. The van der Waals surface area contributed by atoms with Crippen molar-refractivity contribution in [1.82, 2.24) is 4.90 Å². The minimum absolute atomic E-state index is 0.121. The molecule has 0 radical (unpaired) electrons. The van der Waals surface area contributed by atoms with Gasteiger partial charge in [-0.1, -0.05) is 184 Å². The van der Waals surface area contributed by atoms with E-state index in [9.17, 15) is 0 Å². The van der Waals surface area contributed by atoms with Gasteiger partial charge >= 0.3 is 0 Å². The van der Waals surface area contributed by atoms with Crippen LogP contribution in [0.1, 0.15) is 135 Å². The molecule has 0 amide bonds. The molecule has 0 aliphatic carbocycles. The molecule has 1 saturated heterocycles. The first-order valence-electron chi connectivity index (χ1n) is 18.0. The van der Waals surface area contributed by atoms with E-state index in [0.29, 0.717) is 0 Å². The van der Waals surface area contributed by atoms with Gasteiger partial charge in [-0.15, -0.1) is 0 Å². The smallest absolute Gasteiger partial charge is 0.00334 e. The normalized spacial score (nSPS) is 15.4. The van der Waals surface area contributed by atoms with Crippen LogP contribution in [0.3, 0.4) is 0 Å². The maximum Gasteiger partial charge on any atom is 0.00334 e. The molecule has 1 nitrogen and oxygen atoms in total. The zero-order valence-electron chi connectivity index (χ0n) is 32.7. The molecule has 1 heteroatoms. The number of nitrogens with zero attached hydrogens (tertiary/aromatic N) is 1. The van der Waals surface area contributed by atoms with Crippen molar-refractivity contribution < 1.29 is 0 Å². The van der Waals surface area contributed by atoms with Gasteiger partial charge < -0.3 is 4.90 Å². The van der Waals surface area contributed by atoms with Crippen LogP contribution < -0.4 is 0 Å². The van der Waals surface area contributed by atoms with Gasteiger partial charge in [0, 0.05) is 5.41 Å². The van der Waals surface area contributed by atoms with Gasteiger partial charge in [0.2, 0.25) is 0 Å². The van der Waals surface area contributed by atoms with E-state index in [1.54, 1.807) is 0 Å². The van der Waals surface area contributed by atoms with Gasteiger partial charge in [0.25, 0.3) is 0 Å². The molecule has 3 aromatic rings. The molecule has 0 N–H and O–H groups in total. The van der Waals surface area contributed by atoms with Gasteiger partial charge in [-0.3, -0.25) is 0 Å². The standard InChI is InChI=1S/C38H53N.3C2H6/c1-34(2,3)36(7,8)32-20-16-30(17-21-32)28-12-14-29(15-13-28)31-18-22-33(23-19-31)38(24-26-39(11)27-25-38)37(9,10)35(4,5)6;3*1-2/h12-23H,24-27H2,1-11H3;3*1-2H3. The van der Waals surface area contributed by atoms with E-state index in [-0.39, 0.29) is 27.1 Å². The third kappa shape index (κ3) is 8.71. The predicted molar refractivity (Wildman–Crippen MR) is 205 cm³/mol. The fourth-order valence-corrected chi connectivity index (χ4v) is 6.34. The Bertz CT molecular complexity index is 1240. The van der Waals surface area contributed by atoms with Crippen molar-refractivity contribution in [3.63, 3.8) is 0 Å². The second-order valence-corrected chi connectivity index (χ2v) is 15.4. The van der Waals surface area contributed by atoms with Crippen molar-refractivity contribution in [3.05, 3.63) is 83.9 Å². The zero-order chi connectivity index (χ0) is 34.9. The number of hydrogen-bond acceptors (Lipinski definition) is 1. The highest BCUT2D eigenvalue weighted by atomic mass is 15.1.